The van der Waals surface area contributed by atoms with Crippen molar-refractivity contribution in [3.63, 3.8) is 0 Å². The van der Waals surface area contributed by atoms with Crippen LogP contribution in [-0.4, -0.2) is 24.6 Å². The lowest BCUT2D eigenvalue weighted by Crippen LogP contribution is -2.14. The number of H-pyrrole nitrogens is 1. The lowest BCUT2D eigenvalue weighted by molar-refractivity contribution is 0.271. The van der Waals surface area contributed by atoms with Crippen molar-refractivity contribution in [3.05, 3.63) is 52.2 Å². The average Bonchev–Trinajstić information content (AvgIpc) is 2.85. The van der Waals surface area contributed by atoms with Crippen molar-refractivity contribution in [3.8, 4) is 0 Å². The van der Waals surface area contributed by atoms with Crippen LogP contribution < -0.4 is 5.56 Å². The maximum Gasteiger partial charge on any atom is 0.271 e. The van der Waals surface area contributed by atoms with Crippen molar-refractivity contribution >= 4 is 22.8 Å². The predicted molar refractivity (Wildman–Crippen MR) is 81.1 cm³/mol. The highest BCUT2D eigenvalue weighted by Gasteiger charge is 2.10. The highest BCUT2D eigenvalue weighted by molar-refractivity contribution is 7.98. The molecule has 3 rings (SSSR count). The Bertz CT molecular complexity index is 840. The summed E-state index contributed by atoms with van der Waals surface area (Å²) in [7, 11) is 1.83. The fourth-order valence-corrected chi connectivity index (χ4v) is 2.90. The van der Waals surface area contributed by atoms with Crippen molar-refractivity contribution in [2.24, 2.45) is 7.05 Å². The van der Waals surface area contributed by atoms with Crippen LogP contribution in [0.15, 0.2) is 40.4 Å². The maximum atomic E-state index is 12.0. The molecule has 0 saturated heterocycles. The number of rotatable bonds is 4. The average molecular weight is 302 g/mol. The van der Waals surface area contributed by atoms with Crippen LogP contribution in [0.25, 0.3) is 11.0 Å². The van der Waals surface area contributed by atoms with Gasteiger partial charge in [-0.2, -0.15) is 0 Å². The molecule has 0 amide bonds. The molecule has 0 unspecified atom stereocenters. The van der Waals surface area contributed by atoms with Crippen LogP contribution >= 0.6 is 11.8 Å². The zero-order chi connectivity index (χ0) is 14.8. The molecule has 0 aliphatic rings. The highest BCUT2D eigenvalue weighted by atomic mass is 32.2. The van der Waals surface area contributed by atoms with Gasteiger partial charge in [-0.1, -0.05) is 23.9 Å². The van der Waals surface area contributed by atoms with Gasteiger partial charge in [-0.05, 0) is 12.1 Å². The molecule has 1 aromatic carbocycles. The first-order valence-electron chi connectivity index (χ1n) is 6.41. The molecule has 2 heterocycles. The molecule has 0 bridgehead atoms. The van der Waals surface area contributed by atoms with E-state index < -0.39 is 0 Å². The molecule has 0 aliphatic carbocycles. The van der Waals surface area contributed by atoms with Crippen molar-refractivity contribution in [2.45, 2.75) is 17.5 Å². The first-order chi connectivity index (χ1) is 10.2. The SMILES string of the molecule is Cn1c(CO)cnc1SCc1nc2ccccc2[nH]c1=O. The van der Waals surface area contributed by atoms with E-state index in [0.717, 1.165) is 21.9 Å². The zero-order valence-electron chi connectivity index (χ0n) is 11.4. The number of aliphatic hydroxyl groups is 1. The Morgan fingerprint density at radius 1 is 1.38 bits per heavy atom. The number of thioether (sulfide) groups is 1. The summed E-state index contributed by atoms with van der Waals surface area (Å²) in [6.45, 7) is -0.0567. The van der Waals surface area contributed by atoms with E-state index in [4.69, 9.17) is 5.11 Å². The lowest BCUT2D eigenvalue weighted by Gasteiger charge is -2.04. The highest BCUT2D eigenvalue weighted by Crippen LogP contribution is 2.20. The number of nitrogens with one attached hydrogen (secondary N) is 1. The number of aromatic amines is 1. The molecule has 108 valence electrons. The van der Waals surface area contributed by atoms with Crippen LogP contribution in [0.2, 0.25) is 0 Å². The van der Waals surface area contributed by atoms with E-state index in [1.807, 2.05) is 31.3 Å². The first kappa shape index (κ1) is 13.8. The summed E-state index contributed by atoms with van der Waals surface area (Å²) in [5, 5.41) is 9.89. The Hall–Kier alpha value is -2.12. The quantitative estimate of drug-likeness (QED) is 0.713. The van der Waals surface area contributed by atoms with E-state index in [0.29, 0.717) is 11.4 Å². The molecule has 3 aromatic rings. The Balaban J connectivity index is 1.86. The summed E-state index contributed by atoms with van der Waals surface area (Å²) in [5.74, 6) is 0.426. The van der Waals surface area contributed by atoms with Gasteiger partial charge < -0.3 is 14.7 Å². The van der Waals surface area contributed by atoms with Crippen molar-refractivity contribution < 1.29 is 5.11 Å². The number of nitrogens with zero attached hydrogens (tertiary/aromatic N) is 3. The van der Waals surface area contributed by atoms with Gasteiger partial charge in [0.2, 0.25) is 0 Å². The van der Waals surface area contributed by atoms with Crippen LogP contribution in [0.3, 0.4) is 0 Å². The molecule has 0 aliphatic heterocycles. The molecular formula is C14H14N4O2S. The summed E-state index contributed by atoms with van der Waals surface area (Å²) < 4.78 is 1.81. The van der Waals surface area contributed by atoms with Crippen LogP contribution in [0.1, 0.15) is 11.4 Å². The van der Waals surface area contributed by atoms with E-state index >= 15 is 0 Å². The van der Waals surface area contributed by atoms with Gasteiger partial charge in [-0.25, -0.2) is 9.97 Å². The Labute approximate surface area is 124 Å². The van der Waals surface area contributed by atoms with Crippen LogP contribution in [-0.2, 0) is 19.4 Å². The van der Waals surface area contributed by atoms with E-state index in [2.05, 4.69) is 15.0 Å². The van der Waals surface area contributed by atoms with Gasteiger partial charge in [0.1, 0.15) is 5.69 Å². The second-order valence-electron chi connectivity index (χ2n) is 4.57. The fraction of sp³-hybridized carbons (Fsp3) is 0.214. The number of hydrogen-bond acceptors (Lipinski definition) is 5. The van der Waals surface area contributed by atoms with Gasteiger partial charge in [-0.15, -0.1) is 0 Å². The minimum Gasteiger partial charge on any atom is -0.390 e. The number of aromatic nitrogens is 4. The van der Waals surface area contributed by atoms with Crippen molar-refractivity contribution in [2.75, 3.05) is 0 Å². The van der Waals surface area contributed by atoms with Crippen molar-refractivity contribution in [1.82, 2.24) is 19.5 Å². The van der Waals surface area contributed by atoms with Crippen molar-refractivity contribution in [1.29, 1.82) is 0 Å². The van der Waals surface area contributed by atoms with Gasteiger partial charge >= 0.3 is 0 Å². The molecular weight excluding hydrogens is 288 g/mol. The summed E-state index contributed by atoms with van der Waals surface area (Å²) in [6.07, 6.45) is 1.63. The predicted octanol–water partition coefficient (Wildman–Crippen LogP) is 1.44. The molecule has 2 aromatic heterocycles. The Morgan fingerprint density at radius 3 is 2.95 bits per heavy atom. The van der Waals surface area contributed by atoms with Gasteiger partial charge in [0.15, 0.2) is 5.16 Å². The number of benzene rings is 1. The van der Waals surface area contributed by atoms with E-state index in [9.17, 15) is 4.79 Å². The summed E-state index contributed by atoms with van der Waals surface area (Å²) in [4.78, 5) is 23.4. The number of aliphatic hydroxyl groups excluding tert-OH is 1. The molecule has 0 atom stereocenters. The number of imidazole rings is 1. The third-order valence-electron chi connectivity index (χ3n) is 3.21. The summed E-state index contributed by atoms with van der Waals surface area (Å²) >= 11 is 1.42. The molecule has 0 spiro atoms. The zero-order valence-corrected chi connectivity index (χ0v) is 12.2. The topological polar surface area (TPSA) is 83.8 Å². The summed E-state index contributed by atoms with van der Waals surface area (Å²) in [5.41, 5.74) is 2.52. The smallest absolute Gasteiger partial charge is 0.271 e. The Kier molecular flexibility index (Phi) is 3.76. The van der Waals surface area contributed by atoms with Gasteiger partial charge in [0.05, 0.1) is 29.5 Å². The largest absolute Gasteiger partial charge is 0.390 e. The van der Waals surface area contributed by atoms with Crippen LogP contribution in [0.4, 0.5) is 0 Å². The summed E-state index contributed by atoms with van der Waals surface area (Å²) in [6, 6.07) is 7.44. The molecule has 0 radical (unpaired) electrons. The second-order valence-corrected chi connectivity index (χ2v) is 5.51. The Morgan fingerprint density at radius 2 is 2.19 bits per heavy atom. The second kappa shape index (κ2) is 5.71. The standard InChI is InChI=1S/C14H14N4O2S/c1-18-9(7-19)6-15-14(18)21-8-12-13(20)17-11-5-3-2-4-10(11)16-12/h2-6,19H,7-8H2,1H3,(H,17,20). The number of para-hydroxylation sites is 2. The van der Waals surface area contributed by atoms with Gasteiger partial charge in [0, 0.05) is 12.8 Å². The molecule has 0 saturated carbocycles. The number of fused-ring (bicyclic) bond motifs is 1. The third-order valence-corrected chi connectivity index (χ3v) is 4.27. The van der Waals surface area contributed by atoms with E-state index in [1.54, 1.807) is 10.8 Å². The van der Waals surface area contributed by atoms with Gasteiger partial charge in [-0.3, -0.25) is 4.79 Å². The maximum absolute atomic E-state index is 12.0. The molecule has 2 N–H and O–H groups in total. The molecule has 7 heteroatoms. The van der Waals surface area contributed by atoms with Crippen LogP contribution in [0.5, 0.6) is 0 Å². The van der Waals surface area contributed by atoms with Crippen LogP contribution in [0, 0.1) is 0 Å². The monoisotopic (exact) mass is 302 g/mol. The third kappa shape index (κ3) is 2.70. The molecule has 0 fully saturated rings. The number of hydrogen-bond donors (Lipinski definition) is 2. The molecule has 21 heavy (non-hydrogen) atoms. The van der Waals surface area contributed by atoms with Gasteiger partial charge in [0.25, 0.3) is 5.56 Å². The van der Waals surface area contributed by atoms with E-state index in [1.165, 1.54) is 11.8 Å². The first-order valence-corrected chi connectivity index (χ1v) is 7.40. The fourth-order valence-electron chi connectivity index (χ4n) is 2.00. The lowest BCUT2D eigenvalue weighted by atomic mass is 10.3. The normalized spacial score (nSPS) is 11.1. The minimum absolute atomic E-state index is 0.0567. The molecule has 6 nitrogen and oxygen atoms in total. The minimum atomic E-state index is -0.183. The van der Waals surface area contributed by atoms with E-state index in [-0.39, 0.29) is 12.2 Å².